The van der Waals surface area contributed by atoms with Gasteiger partial charge in [0.1, 0.15) is 11.4 Å². The average molecular weight is 283 g/mol. The van der Waals surface area contributed by atoms with Crippen LogP contribution in [0.15, 0.2) is 12.1 Å². The molecule has 4 nitrogen and oxygen atoms in total. The molecule has 0 spiro atoms. The van der Waals surface area contributed by atoms with Crippen molar-refractivity contribution in [3.8, 4) is 5.75 Å². The predicted molar refractivity (Wildman–Crippen MR) is 59.5 cm³/mol. The Balaban J connectivity index is 3.13. The highest BCUT2D eigenvalue weighted by Crippen LogP contribution is 2.41. The number of alkyl halides is 3. The Morgan fingerprint density at radius 2 is 2.00 bits per heavy atom. The largest absolute Gasteiger partial charge is 0.494 e. The average Bonchev–Trinajstić information content (AvgIpc) is 2.34. The van der Waals surface area contributed by atoms with Gasteiger partial charge in [0, 0.05) is 12.6 Å². The molecule has 0 amide bonds. The van der Waals surface area contributed by atoms with E-state index in [-0.39, 0.29) is 12.2 Å². The standard InChI is InChI=1S/C11H13F4NO3/c1-19-10-8(11(13,14)15)2-6(12)3-9(10)16-4-7(18)5-17/h2-3,7,16-18H,4-5H2,1H3. The Labute approximate surface area is 106 Å². The van der Waals surface area contributed by atoms with Crippen LogP contribution in [0.5, 0.6) is 5.75 Å². The molecule has 1 unspecified atom stereocenters. The van der Waals surface area contributed by atoms with Crippen molar-refractivity contribution in [3.05, 3.63) is 23.5 Å². The van der Waals surface area contributed by atoms with Crippen molar-refractivity contribution in [2.75, 3.05) is 25.6 Å². The summed E-state index contributed by atoms with van der Waals surface area (Å²) < 4.78 is 55.9. The Kier molecular flexibility index (Phi) is 4.96. The van der Waals surface area contributed by atoms with Gasteiger partial charge < -0.3 is 20.3 Å². The first-order valence-electron chi connectivity index (χ1n) is 5.27. The topological polar surface area (TPSA) is 61.7 Å². The Morgan fingerprint density at radius 3 is 2.47 bits per heavy atom. The lowest BCUT2D eigenvalue weighted by Crippen LogP contribution is -2.23. The highest BCUT2D eigenvalue weighted by Gasteiger charge is 2.36. The van der Waals surface area contributed by atoms with E-state index in [1.54, 1.807) is 0 Å². The van der Waals surface area contributed by atoms with Gasteiger partial charge in [-0.25, -0.2) is 4.39 Å². The summed E-state index contributed by atoms with van der Waals surface area (Å²) in [6.45, 7) is -0.815. The minimum Gasteiger partial charge on any atom is -0.494 e. The highest BCUT2D eigenvalue weighted by molar-refractivity contribution is 5.61. The van der Waals surface area contributed by atoms with Gasteiger partial charge in [-0.05, 0) is 6.07 Å². The van der Waals surface area contributed by atoms with Gasteiger partial charge in [0.05, 0.1) is 25.5 Å². The van der Waals surface area contributed by atoms with Crippen molar-refractivity contribution in [2.24, 2.45) is 0 Å². The van der Waals surface area contributed by atoms with Crippen LogP contribution < -0.4 is 10.1 Å². The fourth-order valence-corrected chi connectivity index (χ4v) is 1.45. The van der Waals surface area contributed by atoms with E-state index >= 15 is 0 Å². The van der Waals surface area contributed by atoms with Gasteiger partial charge in [0.15, 0.2) is 5.75 Å². The number of anilines is 1. The molecule has 19 heavy (non-hydrogen) atoms. The summed E-state index contributed by atoms with van der Waals surface area (Å²) in [6.07, 6.45) is -5.94. The van der Waals surface area contributed by atoms with Crippen molar-refractivity contribution >= 4 is 5.69 Å². The molecule has 1 rings (SSSR count). The van der Waals surface area contributed by atoms with Gasteiger partial charge in [-0.1, -0.05) is 0 Å². The summed E-state index contributed by atoms with van der Waals surface area (Å²) >= 11 is 0. The SMILES string of the molecule is COc1c(NCC(O)CO)cc(F)cc1C(F)(F)F. The van der Waals surface area contributed by atoms with Gasteiger partial charge in [-0.3, -0.25) is 0 Å². The zero-order valence-electron chi connectivity index (χ0n) is 9.96. The molecular weight excluding hydrogens is 270 g/mol. The van der Waals surface area contributed by atoms with E-state index in [4.69, 9.17) is 10.2 Å². The number of hydrogen-bond donors (Lipinski definition) is 3. The molecule has 0 saturated carbocycles. The van der Waals surface area contributed by atoms with Gasteiger partial charge in [-0.15, -0.1) is 0 Å². The molecule has 0 saturated heterocycles. The van der Waals surface area contributed by atoms with E-state index in [2.05, 4.69) is 10.1 Å². The number of methoxy groups -OCH3 is 1. The Morgan fingerprint density at radius 1 is 1.37 bits per heavy atom. The number of hydrogen-bond acceptors (Lipinski definition) is 4. The van der Waals surface area contributed by atoms with Gasteiger partial charge in [0.25, 0.3) is 0 Å². The summed E-state index contributed by atoms with van der Waals surface area (Å²) in [5.41, 5.74) is -1.50. The van der Waals surface area contributed by atoms with Crippen LogP contribution in [0, 0.1) is 5.82 Å². The molecular formula is C11H13F4NO3. The maximum absolute atomic E-state index is 13.2. The molecule has 0 aliphatic heterocycles. The molecule has 0 radical (unpaired) electrons. The Bertz CT molecular complexity index is 437. The maximum Gasteiger partial charge on any atom is 0.420 e. The van der Waals surface area contributed by atoms with E-state index in [9.17, 15) is 17.6 Å². The molecule has 0 fully saturated rings. The molecule has 0 aliphatic rings. The van der Waals surface area contributed by atoms with Crippen LogP contribution in [0.4, 0.5) is 23.2 Å². The molecule has 1 aromatic rings. The lowest BCUT2D eigenvalue weighted by Gasteiger charge is -2.18. The second kappa shape index (κ2) is 6.07. The second-order valence-corrected chi connectivity index (χ2v) is 3.75. The van der Waals surface area contributed by atoms with Crippen molar-refractivity contribution in [1.29, 1.82) is 0 Å². The van der Waals surface area contributed by atoms with E-state index in [0.29, 0.717) is 6.07 Å². The summed E-state index contributed by atoms with van der Waals surface area (Å²) in [4.78, 5) is 0. The highest BCUT2D eigenvalue weighted by atomic mass is 19.4. The fraction of sp³-hybridized carbons (Fsp3) is 0.455. The van der Waals surface area contributed by atoms with Crippen LogP contribution >= 0.6 is 0 Å². The molecule has 0 bridgehead atoms. The first-order valence-corrected chi connectivity index (χ1v) is 5.27. The van der Waals surface area contributed by atoms with Crippen LogP contribution in [0.25, 0.3) is 0 Å². The minimum atomic E-state index is -4.76. The third kappa shape index (κ3) is 3.97. The number of aliphatic hydroxyl groups is 2. The molecule has 8 heteroatoms. The second-order valence-electron chi connectivity index (χ2n) is 3.75. The van der Waals surface area contributed by atoms with Gasteiger partial charge in [-0.2, -0.15) is 13.2 Å². The normalized spacial score (nSPS) is 13.2. The van der Waals surface area contributed by atoms with Crippen molar-refractivity contribution in [1.82, 2.24) is 0 Å². The summed E-state index contributed by atoms with van der Waals surface area (Å²) in [5, 5.41) is 20.1. The number of rotatable bonds is 5. The molecule has 0 aliphatic carbocycles. The van der Waals surface area contributed by atoms with E-state index in [1.807, 2.05) is 0 Å². The lowest BCUT2D eigenvalue weighted by molar-refractivity contribution is -0.138. The number of halogens is 4. The minimum absolute atomic E-state index is 0.242. The number of aliphatic hydroxyl groups excluding tert-OH is 2. The summed E-state index contributed by atoms with van der Waals surface area (Å²) in [5.74, 6) is -1.66. The number of benzene rings is 1. The van der Waals surface area contributed by atoms with Crippen molar-refractivity contribution in [2.45, 2.75) is 12.3 Å². The van der Waals surface area contributed by atoms with E-state index in [0.717, 1.165) is 13.2 Å². The summed E-state index contributed by atoms with van der Waals surface area (Å²) in [6, 6.07) is 1.14. The van der Waals surface area contributed by atoms with Crippen molar-refractivity contribution < 1.29 is 32.5 Å². The van der Waals surface area contributed by atoms with Crippen LogP contribution in [-0.4, -0.2) is 36.6 Å². The van der Waals surface area contributed by atoms with Crippen LogP contribution in [0.1, 0.15) is 5.56 Å². The Hall–Kier alpha value is -1.54. The molecule has 3 N–H and O–H groups in total. The summed E-state index contributed by atoms with van der Waals surface area (Å²) in [7, 11) is 1.02. The molecule has 0 aromatic heterocycles. The van der Waals surface area contributed by atoms with Gasteiger partial charge >= 0.3 is 6.18 Å². The molecule has 108 valence electrons. The first kappa shape index (κ1) is 15.5. The monoisotopic (exact) mass is 283 g/mol. The van der Waals surface area contributed by atoms with Crippen LogP contribution in [0.3, 0.4) is 0 Å². The third-order valence-corrected chi connectivity index (χ3v) is 2.30. The maximum atomic E-state index is 13.2. The number of nitrogens with one attached hydrogen (secondary N) is 1. The van der Waals surface area contributed by atoms with E-state index in [1.165, 1.54) is 0 Å². The van der Waals surface area contributed by atoms with Crippen LogP contribution in [0.2, 0.25) is 0 Å². The van der Waals surface area contributed by atoms with E-state index < -0.39 is 36.0 Å². The molecule has 1 aromatic carbocycles. The quantitative estimate of drug-likeness (QED) is 0.719. The lowest BCUT2D eigenvalue weighted by atomic mass is 10.1. The van der Waals surface area contributed by atoms with Crippen LogP contribution in [-0.2, 0) is 6.18 Å². The third-order valence-electron chi connectivity index (χ3n) is 2.30. The molecule has 0 heterocycles. The smallest absolute Gasteiger partial charge is 0.420 e. The zero-order valence-corrected chi connectivity index (χ0v) is 9.96. The predicted octanol–water partition coefficient (Wildman–Crippen LogP) is 1.62. The fourth-order valence-electron chi connectivity index (χ4n) is 1.45. The number of ether oxygens (including phenoxy) is 1. The molecule has 1 atom stereocenters. The van der Waals surface area contributed by atoms with Gasteiger partial charge in [0.2, 0.25) is 0 Å². The van der Waals surface area contributed by atoms with Crippen molar-refractivity contribution in [3.63, 3.8) is 0 Å². The first-order chi connectivity index (χ1) is 8.79. The zero-order chi connectivity index (χ0) is 14.6.